The summed E-state index contributed by atoms with van der Waals surface area (Å²) >= 11 is 0. The fourth-order valence-electron chi connectivity index (χ4n) is 6.81. The lowest BCUT2D eigenvalue weighted by atomic mass is 10.0. The summed E-state index contributed by atoms with van der Waals surface area (Å²) in [5.41, 5.74) is 0. The van der Waals surface area contributed by atoms with E-state index in [0.717, 1.165) is 77.0 Å². The van der Waals surface area contributed by atoms with Crippen molar-refractivity contribution in [1.82, 2.24) is 5.32 Å². The summed E-state index contributed by atoms with van der Waals surface area (Å²) in [7, 11) is 0. The van der Waals surface area contributed by atoms with Gasteiger partial charge in [-0.2, -0.15) is 0 Å². The van der Waals surface area contributed by atoms with Crippen LogP contribution in [-0.2, 0) is 14.3 Å². The second-order valence-corrected chi connectivity index (χ2v) is 15.4. The molecule has 0 saturated carbocycles. The zero-order valence-electron chi connectivity index (χ0n) is 34.1. The Balaban J connectivity index is 3.55. The van der Waals surface area contributed by atoms with Gasteiger partial charge in [0.25, 0.3) is 0 Å². The number of carbonyl (C=O) groups excluding carboxylic acids is 2. The third-order valence-corrected chi connectivity index (χ3v) is 10.3. The van der Waals surface area contributed by atoms with Gasteiger partial charge < -0.3 is 20.3 Å². The van der Waals surface area contributed by atoms with E-state index in [0.29, 0.717) is 25.9 Å². The summed E-state index contributed by atoms with van der Waals surface area (Å²) in [5.74, 6) is -0.108. The van der Waals surface area contributed by atoms with Gasteiger partial charge in [0.15, 0.2) is 0 Å². The first-order valence-corrected chi connectivity index (χ1v) is 22.4. The Morgan fingerprint density at radius 3 is 1.39 bits per heavy atom. The van der Waals surface area contributed by atoms with Crippen molar-refractivity contribution >= 4 is 11.9 Å². The summed E-state index contributed by atoms with van der Waals surface area (Å²) < 4.78 is 5.40. The van der Waals surface area contributed by atoms with Crippen LogP contribution >= 0.6 is 0 Å². The fourth-order valence-corrected chi connectivity index (χ4v) is 6.81. The van der Waals surface area contributed by atoms with E-state index in [-0.39, 0.29) is 18.5 Å². The molecule has 0 spiro atoms. The number of hydrogen-bond donors (Lipinski definition) is 3. The number of carbonyl (C=O) groups is 2. The van der Waals surface area contributed by atoms with Crippen molar-refractivity contribution in [3.63, 3.8) is 0 Å². The predicted molar refractivity (Wildman–Crippen MR) is 218 cm³/mol. The van der Waals surface area contributed by atoms with Crippen LogP contribution in [0.3, 0.4) is 0 Å². The number of allylic oxidation sites excluding steroid dienone is 2. The number of aliphatic hydroxyl groups is 2. The van der Waals surface area contributed by atoms with Gasteiger partial charge >= 0.3 is 5.97 Å². The van der Waals surface area contributed by atoms with Crippen molar-refractivity contribution in [1.29, 1.82) is 0 Å². The Hall–Kier alpha value is -1.40. The zero-order valence-corrected chi connectivity index (χ0v) is 34.1. The molecule has 302 valence electrons. The number of unbranched alkanes of at least 4 members (excludes halogenated alkanes) is 28. The molecule has 0 aliphatic rings. The highest BCUT2D eigenvalue weighted by Gasteiger charge is 2.20. The molecular weight excluding hydrogens is 634 g/mol. The van der Waals surface area contributed by atoms with Crippen LogP contribution in [0.2, 0.25) is 0 Å². The second-order valence-electron chi connectivity index (χ2n) is 15.4. The molecule has 0 fully saturated rings. The molecule has 0 rings (SSSR count). The Bertz CT molecular complexity index is 757. The molecular formula is C45H87NO5. The van der Waals surface area contributed by atoms with Crippen molar-refractivity contribution in [2.45, 2.75) is 251 Å². The molecule has 0 aromatic carbocycles. The maximum Gasteiger partial charge on any atom is 0.305 e. The highest BCUT2D eigenvalue weighted by Crippen LogP contribution is 2.15. The Labute approximate surface area is 317 Å². The largest absolute Gasteiger partial charge is 0.466 e. The van der Waals surface area contributed by atoms with E-state index >= 15 is 0 Å². The molecule has 0 radical (unpaired) electrons. The van der Waals surface area contributed by atoms with Gasteiger partial charge in [-0.15, -0.1) is 0 Å². The van der Waals surface area contributed by atoms with Crippen molar-refractivity contribution in [2.24, 2.45) is 0 Å². The number of hydrogen-bond acceptors (Lipinski definition) is 5. The van der Waals surface area contributed by atoms with Gasteiger partial charge in [-0.3, -0.25) is 9.59 Å². The van der Waals surface area contributed by atoms with E-state index in [4.69, 9.17) is 4.74 Å². The number of nitrogens with one attached hydrogen (secondary N) is 1. The summed E-state index contributed by atoms with van der Waals surface area (Å²) in [4.78, 5) is 24.3. The molecule has 0 saturated heterocycles. The molecule has 0 bridgehead atoms. The van der Waals surface area contributed by atoms with Crippen molar-refractivity contribution in [3.05, 3.63) is 12.2 Å². The van der Waals surface area contributed by atoms with Crippen LogP contribution in [-0.4, -0.2) is 47.4 Å². The molecule has 1 amide bonds. The van der Waals surface area contributed by atoms with E-state index in [1.54, 1.807) is 0 Å². The highest BCUT2D eigenvalue weighted by molar-refractivity contribution is 5.76. The minimum Gasteiger partial charge on any atom is -0.466 e. The topological polar surface area (TPSA) is 95.9 Å². The van der Waals surface area contributed by atoms with Crippen LogP contribution in [0, 0.1) is 0 Å². The van der Waals surface area contributed by atoms with Gasteiger partial charge in [-0.1, -0.05) is 187 Å². The molecule has 0 aliphatic heterocycles. The third kappa shape index (κ3) is 38.1. The van der Waals surface area contributed by atoms with Gasteiger partial charge in [0.2, 0.25) is 5.91 Å². The van der Waals surface area contributed by atoms with Crippen LogP contribution in [0.4, 0.5) is 0 Å². The first-order chi connectivity index (χ1) is 25.0. The maximum absolute atomic E-state index is 12.4. The molecule has 6 nitrogen and oxygen atoms in total. The summed E-state index contributed by atoms with van der Waals surface area (Å²) in [6.07, 6.45) is 44.5. The van der Waals surface area contributed by atoms with E-state index in [9.17, 15) is 19.8 Å². The van der Waals surface area contributed by atoms with Crippen LogP contribution in [0.5, 0.6) is 0 Å². The number of amides is 1. The minimum atomic E-state index is -0.683. The standard InChI is InChI=1S/C45H87NO5/c1-3-5-7-9-11-13-15-16-18-21-25-29-33-37-43(48)42(41-47)46-44(49)38-34-30-26-22-19-20-24-28-32-36-40-51-45(50)39-35-31-27-23-17-14-12-10-8-6-4-2/h20,24,42-43,47-48H,3-19,21-23,25-41H2,1-2H3,(H,46,49)/b24-20-. The maximum atomic E-state index is 12.4. The van der Waals surface area contributed by atoms with Crippen molar-refractivity contribution in [2.75, 3.05) is 13.2 Å². The van der Waals surface area contributed by atoms with Gasteiger partial charge in [0.1, 0.15) is 0 Å². The lowest BCUT2D eigenvalue weighted by Gasteiger charge is -2.22. The number of esters is 1. The van der Waals surface area contributed by atoms with E-state index in [2.05, 4.69) is 31.3 Å². The predicted octanol–water partition coefficient (Wildman–Crippen LogP) is 12.6. The average Bonchev–Trinajstić information content (AvgIpc) is 3.13. The van der Waals surface area contributed by atoms with E-state index in [1.807, 2.05) is 0 Å². The summed E-state index contributed by atoms with van der Waals surface area (Å²) in [5, 5.41) is 23.1. The molecule has 3 N–H and O–H groups in total. The molecule has 0 aliphatic carbocycles. The number of rotatable bonds is 41. The van der Waals surface area contributed by atoms with Crippen molar-refractivity contribution in [3.8, 4) is 0 Å². The highest BCUT2D eigenvalue weighted by atomic mass is 16.5. The fraction of sp³-hybridized carbons (Fsp3) is 0.911. The molecule has 2 atom stereocenters. The number of aliphatic hydroxyl groups excluding tert-OH is 2. The van der Waals surface area contributed by atoms with Crippen LogP contribution in [0.1, 0.15) is 239 Å². The van der Waals surface area contributed by atoms with E-state index in [1.165, 1.54) is 128 Å². The Morgan fingerprint density at radius 1 is 0.529 bits per heavy atom. The molecule has 0 aromatic rings. The molecule has 0 aromatic heterocycles. The normalized spacial score (nSPS) is 12.8. The smallest absolute Gasteiger partial charge is 0.305 e. The zero-order chi connectivity index (χ0) is 37.3. The van der Waals surface area contributed by atoms with E-state index < -0.39 is 12.1 Å². The number of ether oxygens (including phenoxy) is 1. The van der Waals surface area contributed by atoms with Gasteiger partial charge in [0, 0.05) is 12.8 Å². The lowest BCUT2D eigenvalue weighted by molar-refractivity contribution is -0.143. The minimum absolute atomic E-state index is 0.0371. The monoisotopic (exact) mass is 722 g/mol. The summed E-state index contributed by atoms with van der Waals surface area (Å²) in [6.45, 7) is 4.85. The SMILES string of the molecule is CCCCCCCCCCCCCCCC(O)C(CO)NC(=O)CCCCCC/C=C\CCCCOC(=O)CCCCCCCCCCCCC. The first kappa shape index (κ1) is 49.6. The summed E-state index contributed by atoms with van der Waals surface area (Å²) in [6, 6.07) is -0.564. The first-order valence-electron chi connectivity index (χ1n) is 22.4. The second kappa shape index (κ2) is 41.4. The quantitative estimate of drug-likeness (QED) is 0.0332. The molecule has 0 heterocycles. The van der Waals surface area contributed by atoms with Gasteiger partial charge in [0.05, 0.1) is 25.4 Å². The third-order valence-electron chi connectivity index (χ3n) is 10.3. The van der Waals surface area contributed by atoms with Gasteiger partial charge in [-0.05, 0) is 51.4 Å². The van der Waals surface area contributed by atoms with Crippen LogP contribution in [0.15, 0.2) is 12.2 Å². The Kier molecular flexibility index (Phi) is 40.2. The molecule has 51 heavy (non-hydrogen) atoms. The van der Waals surface area contributed by atoms with Crippen LogP contribution in [0.25, 0.3) is 0 Å². The Morgan fingerprint density at radius 2 is 0.922 bits per heavy atom. The molecule has 6 heteroatoms. The lowest BCUT2D eigenvalue weighted by Crippen LogP contribution is -2.45. The van der Waals surface area contributed by atoms with Gasteiger partial charge in [-0.25, -0.2) is 0 Å². The average molecular weight is 722 g/mol. The van der Waals surface area contributed by atoms with Crippen LogP contribution < -0.4 is 5.32 Å². The molecule has 2 unspecified atom stereocenters. The van der Waals surface area contributed by atoms with Crippen molar-refractivity contribution < 1.29 is 24.5 Å².